The molecule has 1 aromatic heterocycles. The van der Waals surface area contributed by atoms with E-state index in [1.807, 2.05) is 0 Å². The maximum absolute atomic E-state index is 13.7. The van der Waals surface area contributed by atoms with Crippen molar-refractivity contribution in [3.63, 3.8) is 0 Å². The maximum atomic E-state index is 13.7. The monoisotopic (exact) mass is 536 g/mol. The maximum Gasteiger partial charge on any atom is 0.242 e. The minimum Gasteiger partial charge on any atom is -0.464 e. The number of rotatable bonds is 15. The van der Waals surface area contributed by atoms with Gasteiger partial charge in [0, 0.05) is 19.5 Å². The Kier molecular flexibility index (Phi) is 11.7. The van der Waals surface area contributed by atoms with Crippen molar-refractivity contribution in [3.05, 3.63) is 82.0 Å². The Labute approximate surface area is 230 Å². The molecular weight excluding hydrogens is 495 g/mol. The summed E-state index contributed by atoms with van der Waals surface area (Å²) in [4.78, 5) is 43.2. The summed E-state index contributed by atoms with van der Waals surface area (Å²) < 4.78 is 19.2. The molecule has 3 rings (SSSR count). The second-order valence-corrected chi connectivity index (χ2v) is 10.6. The van der Waals surface area contributed by atoms with Crippen molar-refractivity contribution in [2.24, 2.45) is 5.92 Å². The highest BCUT2D eigenvalue weighted by Crippen LogP contribution is 2.16. The number of benzene rings is 2. The zero-order valence-corrected chi connectivity index (χ0v) is 23.5. The minimum absolute atomic E-state index is 0.0204. The van der Waals surface area contributed by atoms with Crippen molar-refractivity contribution in [1.82, 2.24) is 9.80 Å². The van der Waals surface area contributed by atoms with Crippen molar-refractivity contribution in [2.75, 3.05) is 13.1 Å². The van der Waals surface area contributed by atoms with Gasteiger partial charge < -0.3 is 14.2 Å². The number of amides is 2. The lowest BCUT2D eigenvalue weighted by Gasteiger charge is -2.28. The molecule has 0 unspecified atom stereocenters. The quantitative estimate of drug-likeness (QED) is 0.203. The lowest BCUT2D eigenvalue weighted by Crippen LogP contribution is -2.43. The van der Waals surface area contributed by atoms with Crippen LogP contribution >= 0.6 is 0 Å². The van der Waals surface area contributed by atoms with E-state index in [1.54, 1.807) is 46.2 Å². The topological polar surface area (TPSA) is 70.8 Å². The van der Waals surface area contributed by atoms with Crippen LogP contribution in [-0.2, 0) is 22.7 Å². The fourth-order valence-corrected chi connectivity index (χ4v) is 4.48. The van der Waals surface area contributed by atoms with Gasteiger partial charge in [-0.3, -0.25) is 14.4 Å². The molecule has 0 radical (unpaired) electrons. The Morgan fingerprint density at radius 2 is 1.62 bits per heavy atom. The number of halogens is 1. The number of nitrogens with zero attached hydrogens (tertiary/aromatic N) is 2. The van der Waals surface area contributed by atoms with Crippen LogP contribution in [-0.4, -0.2) is 34.7 Å². The van der Waals surface area contributed by atoms with E-state index in [0.717, 1.165) is 44.1 Å². The van der Waals surface area contributed by atoms with Crippen LogP contribution in [0.4, 0.5) is 4.39 Å². The Morgan fingerprint density at radius 3 is 2.33 bits per heavy atom. The second-order valence-electron chi connectivity index (χ2n) is 10.6. The molecule has 2 aromatic carbocycles. The van der Waals surface area contributed by atoms with Gasteiger partial charge in [0.25, 0.3) is 0 Å². The second kappa shape index (κ2) is 15.2. The molecule has 0 aliphatic rings. The molecule has 0 fully saturated rings. The van der Waals surface area contributed by atoms with E-state index in [0.29, 0.717) is 35.4 Å². The van der Waals surface area contributed by atoms with Crippen LogP contribution in [0.1, 0.15) is 76.8 Å². The van der Waals surface area contributed by atoms with Gasteiger partial charge in [-0.25, -0.2) is 4.39 Å². The highest BCUT2D eigenvalue weighted by molar-refractivity contribution is 5.85. The van der Waals surface area contributed by atoms with E-state index in [2.05, 4.69) is 20.8 Å². The van der Waals surface area contributed by atoms with Crippen LogP contribution in [0.5, 0.6) is 0 Å². The molecule has 0 saturated heterocycles. The predicted octanol–water partition coefficient (Wildman–Crippen LogP) is 6.70. The Morgan fingerprint density at radius 1 is 0.897 bits per heavy atom. The Balaban J connectivity index is 1.81. The third-order valence-corrected chi connectivity index (χ3v) is 6.90. The molecule has 0 bridgehead atoms. The van der Waals surface area contributed by atoms with Gasteiger partial charge in [0.15, 0.2) is 5.43 Å². The number of para-hydroxylation sites is 1. The molecule has 7 heteroatoms. The van der Waals surface area contributed by atoms with E-state index in [1.165, 1.54) is 18.4 Å². The third-order valence-electron chi connectivity index (χ3n) is 6.90. The molecule has 210 valence electrons. The highest BCUT2D eigenvalue weighted by Gasteiger charge is 2.23. The summed E-state index contributed by atoms with van der Waals surface area (Å²) in [5.74, 6) is -0.267. The molecule has 3 aromatic rings. The average molecular weight is 537 g/mol. The summed E-state index contributed by atoms with van der Waals surface area (Å²) in [6, 6.07) is 12.9. The van der Waals surface area contributed by atoms with Crippen molar-refractivity contribution in [3.8, 4) is 0 Å². The molecule has 0 aliphatic carbocycles. The smallest absolute Gasteiger partial charge is 0.242 e. The van der Waals surface area contributed by atoms with Crippen LogP contribution in [0.25, 0.3) is 11.0 Å². The molecule has 1 heterocycles. The van der Waals surface area contributed by atoms with Gasteiger partial charge in [-0.2, -0.15) is 0 Å². The standard InChI is InChI=1S/C32H41FN2O4/c1-4-5-6-7-8-13-30(36)34(19-18-24(2)3)22-31(37)35(20-25-14-16-27(33)17-15-25)21-26-23-39-29-12-10-9-11-28(29)32(26)38/h9-12,14-17,23-24H,4-8,13,18-22H2,1-3H3. The molecule has 0 N–H and O–H groups in total. The molecule has 0 spiro atoms. The Bertz CT molecular complexity index is 1270. The van der Waals surface area contributed by atoms with Crippen molar-refractivity contribution >= 4 is 22.8 Å². The van der Waals surface area contributed by atoms with Gasteiger partial charge in [-0.05, 0) is 48.6 Å². The van der Waals surface area contributed by atoms with E-state index in [9.17, 15) is 18.8 Å². The zero-order valence-electron chi connectivity index (χ0n) is 23.5. The van der Waals surface area contributed by atoms with Gasteiger partial charge in [-0.15, -0.1) is 0 Å². The fourth-order valence-electron chi connectivity index (χ4n) is 4.48. The number of hydrogen-bond acceptors (Lipinski definition) is 4. The summed E-state index contributed by atoms with van der Waals surface area (Å²) in [5.41, 5.74) is 1.35. The molecule has 0 saturated carbocycles. The highest BCUT2D eigenvalue weighted by atomic mass is 19.1. The summed E-state index contributed by atoms with van der Waals surface area (Å²) in [5, 5.41) is 0.445. The van der Waals surface area contributed by atoms with Gasteiger partial charge >= 0.3 is 0 Å². The average Bonchev–Trinajstić information content (AvgIpc) is 2.92. The number of hydrogen-bond donors (Lipinski definition) is 0. The van der Waals surface area contributed by atoms with E-state index in [4.69, 9.17) is 4.42 Å². The minimum atomic E-state index is -0.365. The SMILES string of the molecule is CCCCCCCC(=O)N(CCC(C)C)CC(=O)N(Cc1ccc(F)cc1)Cc1coc2ccccc2c1=O. The summed E-state index contributed by atoms with van der Waals surface area (Å²) in [6.45, 7) is 6.97. The first-order valence-electron chi connectivity index (χ1n) is 14.1. The Hall–Kier alpha value is -3.48. The van der Waals surface area contributed by atoms with Gasteiger partial charge in [-0.1, -0.05) is 70.7 Å². The first-order chi connectivity index (χ1) is 18.8. The van der Waals surface area contributed by atoms with E-state index < -0.39 is 0 Å². The first kappa shape index (κ1) is 30.1. The zero-order chi connectivity index (χ0) is 28.2. The largest absolute Gasteiger partial charge is 0.464 e. The van der Waals surface area contributed by atoms with Gasteiger partial charge in [0.05, 0.1) is 30.3 Å². The van der Waals surface area contributed by atoms with Gasteiger partial charge in [0.1, 0.15) is 11.4 Å². The van der Waals surface area contributed by atoms with Crippen LogP contribution in [0.2, 0.25) is 0 Å². The van der Waals surface area contributed by atoms with Crippen LogP contribution < -0.4 is 5.43 Å². The lowest BCUT2D eigenvalue weighted by atomic mass is 10.1. The summed E-state index contributed by atoms with van der Waals surface area (Å²) >= 11 is 0. The van der Waals surface area contributed by atoms with Gasteiger partial charge in [0.2, 0.25) is 11.8 Å². The normalized spacial score (nSPS) is 11.2. The van der Waals surface area contributed by atoms with Crippen LogP contribution in [0, 0.1) is 11.7 Å². The van der Waals surface area contributed by atoms with Crippen molar-refractivity contribution < 1.29 is 18.4 Å². The first-order valence-corrected chi connectivity index (χ1v) is 14.1. The fraction of sp³-hybridized carbons (Fsp3) is 0.469. The molecule has 2 amide bonds. The predicted molar refractivity (Wildman–Crippen MR) is 153 cm³/mol. The molecule has 0 atom stereocenters. The van der Waals surface area contributed by atoms with Crippen LogP contribution in [0.3, 0.4) is 0 Å². The van der Waals surface area contributed by atoms with Crippen LogP contribution in [0.15, 0.2) is 64.0 Å². The lowest BCUT2D eigenvalue weighted by molar-refractivity contribution is -0.141. The number of carbonyl (C=O) groups is 2. The summed E-state index contributed by atoms with van der Waals surface area (Å²) in [7, 11) is 0. The number of unbranched alkanes of at least 4 members (excludes halogenated alkanes) is 4. The third kappa shape index (κ3) is 9.34. The molecule has 6 nitrogen and oxygen atoms in total. The van der Waals surface area contributed by atoms with E-state index >= 15 is 0 Å². The van der Waals surface area contributed by atoms with Crippen molar-refractivity contribution in [1.29, 1.82) is 0 Å². The summed E-state index contributed by atoms with van der Waals surface area (Å²) in [6.07, 6.45) is 7.82. The van der Waals surface area contributed by atoms with Crippen molar-refractivity contribution in [2.45, 2.75) is 78.8 Å². The number of fused-ring (bicyclic) bond motifs is 1. The molecule has 39 heavy (non-hydrogen) atoms. The molecular formula is C32H41FN2O4. The van der Waals surface area contributed by atoms with E-state index in [-0.39, 0.29) is 42.7 Å². The molecule has 0 aliphatic heterocycles. The number of carbonyl (C=O) groups excluding carboxylic acids is 2.